The number of nitrogens with one attached hydrogen (secondary N) is 2. The molecule has 3 heterocycles. The Morgan fingerprint density at radius 2 is 2.12 bits per heavy atom. The molecule has 12 heteroatoms. The molecule has 1 saturated heterocycles. The van der Waals surface area contributed by atoms with Crippen LogP contribution in [0.1, 0.15) is 35.7 Å². The number of halogens is 4. The van der Waals surface area contributed by atoms with Crippen LogP contribution in [0.5, 0.6) is 0 Å². The van der Waals surface area contributed by atoms with Crippen LogP contribution in [0.25, 0.3) is 0 Å². The van der Waals surface area contributed by atoms with E-state index in [-0.39, 0.29) is 34.8 Å². The first-order chi connectivity index (χ1) is 15.8. The van der Waals surface area contributed by atoms with Crippen LogP contribution < -0.4 is 10.6 Å². The highest BCUT2D eigenvalue weighted by molar-refractivity contribution is 6.30. The fraction of sp³-hybridized carbons (Fsp3) is 0.476. The number of carbonyl (C=O) groups is 1. The van der Waals surface area contributed by atoms with Gasteiger partial charge in [0.1, 0.15) is 5.82 Å². The molecule has 0 saturated carbocycles. The van der Waals surface area contributed by atoms with Gasteiger partial charge in [0.25, 0.3) is 5.92 Å². The number of hydrogen-bond acceptors (Lipinski definition) is 6. The van der Waals surface area contributed by atoms with Crippen LogP contribution in [0.4, 0.5) is 23.9 Å². The van der Waals surface area contributed by atoms with Crippen LogP contribution in [0, 0.1) is 5.82 Å². The summed E-state index contributed by atoms with van der Waals surface area (Å²) in [6.07, 6.45) is 2.60. The molecule has 2 aromatic rings. The summed E-state index contributed by atoms with van der Waals surface area (Å²) in [6, 6.07) is 2.01. The van der Waals surface area contributed by atoms with Crippen LogP contribution in [-0.2, 0) is 17.2 Å². The fourth-order valence-electron chi connectivity index (χ4n) is 3.85. The maximum Gasteiger partial charge on any atom is 0.318 e. The zero-order valence-corrected chi connectivity index (χ0v) is 18.3. The number of benzene rings is 1. The molecule has 8 nitrogen and oxygen atoms in total. The third-order valence-corrected chi connectivity index (χ3v) is 5.95. The van der Waals surface area contributed by atoms with Crippen molar-refractivity contribution in [1.29, 1.82) is 0 Å². The number of aliphatic hydroxyl groups excluding tert-OH is 1. The summed E-state index contributed by atoms with van der Waals surface area (Å²) in [4.78, 5) is 22.0. The fourth-order valence-corrected chi connectivity index (χ4v) is 4.04. The highest BCUT2D eigenvalue weighted by Crippen LogP contribution is 2.36. The van der Waals surface area contributed by atoms with Gasteiger partial charge in [-0.3, -0.25) is 0 Å². The van der Waals surface area contributed by atoms with Crippen molar-refractivity contribution in [1.82, 2.24) is 20.2 Å². The van der Waals surface area contributed by atoms with Crippen molar-refractivity contribution in [2.24, 2.45) is 0 Å². The lowest BCUT2D eigenvalue weighted by Gasteiger charge is -2.34. The molecule has 2 aliphatic rings. The van der Waals surface area contributed by atoms with E-state index in [1.807, 2.05) is 0 Å². The number of amides is 2. The third kappa shape index (κ3) is 5.31. The van der Waals surface area contributed by atoms with E-state index in [2.05, 4.69) is 20.6 Å². The molecular formula is C21H23ClF3N5O3. The molecule has 2 amide bonds. The number of alkyl halides is 2. The van der Waals surface area contributed by atoms with E-state index in [1.165, 1.54) is 12.1 Å². The Balaban J connectivity index is 1.49. The van der Waals surface area contributed by atoms with Crippen LogP contribution in [-0.4, -0.2) is 58.4 Å². The van der Waals surface area contributed by atoms with Gasteiger partial charge in [-0.05, 0) is 30.5 Å². The minimum absolute atomic E-state index is 0.0383. The smallest absolute Gasteiger partial charge is 0.318 e. The molecule has 0 spiro atoms. The summed E-state index contributed by atoms with van der Waals surface area (Å²) in [5.74, 6) is -3.79. The van der Waals surface area contributed by atoms with Crippen molar-refractivity contribution < 1.29 is 27.8 Å². The Labute approximate surface area is 193 Å². The topological polar surface area (TPSA) is 99.6 Å². The van der Waals surface area contributed by atoms with Crippen LogP contribution >= 0.6 is 11.6 Å². The molecule has 1 aromatic carbocycles. The first-order valence-corrected chi connectivity index (χ1v) is 10.8. The molecular weight excluding hydrogens is 463 g/mol. The van der Waals surface area contributed by atoms with Gasteiger partial charge in [-0.15, -0.1) is 0 Å². The van der Waals surface area contributed by atoms with Gasteiger partial charge in [-0.25, -0.2) is 19.2 Å². The molecule has 3 N–H and O–H groups in total. The van der Waals surface area contributed by atoms with Crippen molar-refractivity contribution >= 4 is 23.6 Å². The van der Waals surface area contributed by atoms with E-state index in [0.717, 1.165) is 30.0 Å². The zero-order valence-electron chi connectivity index (χ0n) is 17.5. The highest BCUT2D eigenvalue weighted by Gasteiger charge is 2.43. The van der Waals surface area contributed by atoms with Crippen LogP contribution in [0.3, 0.4) is 0 Å². The average molecular weight is 486 g/mol. The summed E-state index contributed by atoms with van der Waals surface area (Å²) in [5, 5.41) is 15.1. The van der Waals surface area contributed by atoms with Gasteiger partial charge in [0.05, 0.1) is 42.0 Å². The molecule has 0 unspecified atom stereocenters. The first-order valence-electron chi connectivity index (χ1n) is 10.5. The second-order valence-corrected chi connectivity index (χ2v) is 8.41. The van der Waals surface area contributed by atoms with E-state index in [4.69, 9.17) is 16.3 Å². The number of aromatic nitrogens is 2. The maximum absolute atomic E-state index is 14.8. The molecule has 178 valence electrons. The number of urea groups is 1. The summed E-state index contributed by atoms with van der Waals surface area (Å²) >= 11 is 5.77. The third-order valence-electron chi connectivity index (χ3n) is 5.66. The standard InChI is InChI=1S/C21H23ClF3N5O3/c22-15-7-12(1-2-16(15)23)18(10-31)29-20(32)30-9-17-14(21(24,25)11-30)8-26-19(28-17)27-13-3-5-33-6-4-13/h1-2,7-8,13,18,31H,3-6,9-11H2,(H,29,32)(H,26,27,28)/t18-/m1/s1. The van der Waals surface area contributed by atoms with Crippen molar-refractivity contribution in [3.8, 4) is 0 Å². The summed E-state index contributed by atoms with van der Waals surface area (Å²) in [5.41, 5.74) is 0.0520. The number of ether oxygens (including phenoxy) is 1. The Hall–Kier alpha value is -2.63. The molecule has 2 aliphatic heterocycles. The van der Waals surface area contributed by atoms with E-state index in [9.17, 15) is 23.1 Å². The van der Waals surface area contributed by atoms with Crippen molar-refractivity contribution in [2.45, 2.75) is 37.4 Å². The van der Waals surface area contributed by atoms with E-state index in [0.29, 0.717) is 18.8 Å². The summed E-state index contributed by atoms with van der Waals surface area (Å²) < 4.78 is 48.3. The number of aliphatic hydroxyl groups is 1. The Morgan fingerprint density at radius 1 is 1.36 bits per heavy atom. The van der Waals surface area contributed by atoms with Crippen molar-refractivity contribution in [3.05, 3.63) is 52.1 Å². The summed E-state index contributed by atoms with van der Waals surface area (Å²) in [6.45, 7) is -0.371. The predicted octanol–water partition coefficient (Wildman–Crippen LogP) is 3.21. The van der Waals surface area contributed by atoms with E-state index < -0.39 is 37.0 Å². The second-order valence-electron chi connectivity index (χ2n) is 8.00. The first kappa shape index (κ1) is 23.5. The number of fused-ring (bicyclic) bond motifs is 1. The molecule has 1 atom stereocenters. The van der Waals surface area contributed by atoms with Gasteiger partial charge < -0.3 is 25.4 Å². The van der Waals surface area contributed by atoms with E-state index in [1.54, 1.807) is 0 Å². The Bertz CT molecular complexity index is 1020. The van der Waals surface area contributed by atoms with Crippen molar-refractivity contribution in [3.63, 3.8) is 0 Å². The maximum atomic E-state index is 14.8. The van der Waals surface area contributed by atoms with Gasteiger partial charge in [-0.1, -0.05) is 17.7 Å². The normalized spacial score (nSPS) is 19.0. The molecule has 0 aliphatic carbocycles. The number of hydrogen-bond donors (Lipinski definition) is 3. The van der Waals surface area contributed by atoms with Gasteiger partial charge in [0.2, 0.25) is 5.95 Å². The molecule has 1 aromatic heterocycles. The largest absolute Gasteiger partial charge is 0.394 e. The lowest BCUT2D eigenvalue weighted by Crippen LogP contribution is -2.49. The predicted molar refractivity (Wildman–Crippen MR) is 114 cm³/mol. The highest BCUT2D eigenvalue weighted by atomic mass is 35.5. The molecule has 0 radical (unpaired) electrons. The lowest BCUT2D eigenvalue weighted by atomic mass is 10.0. The lowest BCUT2D eigenvalue weighted by molar-refractivity contribution is -0.0427. The Morgan fingerprint density at radius 3 is 2.82 bits per heavy atom. The monoisotopic (exact) mass is 485 g/mol. The minimum atomic E-state index is -3.35. The second kappa shape index (κ2) is 9.70. The van der Waals surface area contributed by atoms with Gasteiger partial charge >= 0.3 is 6.03 Å². The van der Waals surface area contributed by atoms with Gasteiger partial charge in [-0.2, -0.15) is 8.78 Å². The quantitative estimate of drug-likeness (QED) is 0.601. The minimum Gasteiger partial charge on any atom is -0.394 e. The molecule has 1 fully saturated rings. The van der Waals surface area contributed by atoms with Crippen LogP contribution in [0.2, 0.25) is 5.02 Å². The van der Waals surface area contributed by atoms with Gasteiger partial charge in [0.15, 0.2) is 0 Å². The number of anilines is 1. The molecule has 4 rings (SSSR count). The van der Waals surface area contributed by atoms with Crippen LogP contribution in [0.15, 0.2) is 24.4 Å². The molecule has 0 bridgehead atoms. The zero-order chi connectivity index (χ0) is 23.6. The molecule has 33 heavy (non-hydrogen) atoms. The van der Waals surface area contributed by atoms with E-state index >= 15 is 0 Å². The Kier molecular flexibility index (Phi) is 6.91. The van der Waals surface area contributed by atoms with Gasteiger partial charge in [0, 0.05) is 25.5 Å². The number of nitrogens with zero attached hydrogens (tertiary/aromatic N) is 3. The number of rotatable bonds is 5. The SMILES string of the molecule is O=C(N[C@H](CO)c1ccc(F)c(Cl)c1)N1Cc2nc(NC3CCOCC3)ncc2C(F)(F)C1. The average Bonchev–Trinajstić information content (AvgIpc) is 2.79. The number of carbonyl (C=O) groups excluding carboxylic acids is 1. The van der Waals surface area contributed by atoms with Crippen molar-refractivity contribution in [2.75, 3.05) is 31.7 Å². The summed E-state index contributed by atoms with van der Waals surface area (Å²) in [7, 11) is 0.